The minimum Gasteiger partial charge on any atom is -0.478 e. The Bertz CT molecular complexity index is 417. The molecule has 4 nitrogen and oxygen atoms in total. The standard InChI is InChI=1S/C12H16N2O2S/c1-8-10(12(15)16)4-5-11(13-8)14-9-3-2-6-17-7-9/h4-5,9H,2-3,6-7H2,1H3,(H,13,14)(H,15,16). The zero-order chi connectivity index (χ0) is 12.3. The number of thioether (sulfide) groups is 1. The van der Waals surface area contributed by atoms with E-state index in [1.807, 2.05) is 11.8 Å². The number of aromatic nitrogens is 1. The van der Waals surface area contributed by atoms with E-state index in [0.29, 0.717) is 11.7 Å². The van der Waals surface area contributed by atoms with Crippen LogP contribution in [0.15, 0.2) is 12.1 Å². The van der Waals surface area contributed by atoms with Crippen LogP contribution in [0.25, 0.3) is 0 Å². The van der Waals surface area contributed by atoms with Crippen LogP contribution >= 0.6 is 11.8 Å². The summed E-state index contributed by atoms with van der Waals surface area (Å²) < 4.78 is 0. The first-order valence-electron chi connectivity index (χ1n) is 5.72. The summed E-state index contributed by atoms with van der Waals surface area (Å²) in [6.45, 7) is 1.73. The number of aryl methyl sites for hydroxylation is 1. The second-order valence-corrected chi connectivity index (χ2v) is 5.34. The maximum absolute atomic E-state index is 10.9. The number of nitrogens with one attached hydrogen (secondary N) is 1. The molecular weight excluding hydrogens is 236 g/mol. The number of nitrogens with zero attached hydrogens (tertiary/aromatic N) is 1. The van der Waals surface area contributed by atoms with Crippen LogP contribution in [0.3, 0.4) is 0 Å². The minimum absolute atomic E-state index is 0.272. The summed E-state index contributed by atoms with van der Waals surface area (Å²) >= 11 is 1.95. The summed E-state index contributed by atoms with van der Waals surface area (Å²) in [5, 5.41) is 12.3. The van der Waals surface area contributed by atoms with E-state index < -0.39 is 5.97 Å². The molecule has 1 aliphatic rings. The van der Waals surface area contributed by atoms with Gasteiger partial charge in [-0.1, -0.05) is 0 Å². The van der Waals surface area contributed by atoms with E-state index in [4.69, 9.17) is 5.11 Å². The fourth-order valence-corrected chi connectivity index (χ4v) is 3.00. The Hall–Kier alpha value is -1.23. The van der Waals surface area contributed by atoms with Gasteiger partial charge in [-0.2, -0.15) is 11.8 Å². The fraction of sp³-hybridized carbons (Fsp3) is 0.500. The smallest absolute Gasteiger partial charge is 0.337 e. The lowest BCUT2D eigenvalue weighted by molar-refractivity contribution is 0.0695. The van der Waals surface area contributed by atoms with Gasteiger partial charge >= 0.3 is 5.97 Å². The van der Waals surface area contributed by atoms with Crippen LogP contribution in [0, 0.1) is 6.92 Å². The molecule has 0 bridgehead atoms. The van der Waals surface area contributed by atoms with E-state index in [1.54, 1.807) is 19.1 Å². The molecule has 2 N–H and O–H groups in total. The van der Waals surface area contributed by atoms with Gasteiger partial charge in [0.25, 0.3) is 0 Å². The highest BCUT2D eigenvalue weighted by atomic mass is 32.2. The number of aromatic carboxylic acids is 1. The van der Waals surface area contributed by atoms with Gasteiger partial charge in [0, 0.05) is 11.8 Å². The zero-order valence-corrected chi connectivity index (χ0v) is 10.6. The molecule has 1 fully saturated rings. The number of carbonyl (C=O) groups is 1. The minimum atomic E-state index is -0.922. The van der Waals surface area contributed by atoms with E-state index >= 15 is 0 Å². The molecule has 2 heterocycles. The molecule has 1 atom stereocenters. The summed E-state index contributed by atoms with van der Waals surface area (Å²) in [5.74, 6) is 2.19. The lowest BCUT2D eigenvalue weighted by Crippen LogP contribution is -2.26. The van der Waals surface area contributed by atoms with Gasteiger partial charge in [-0.15, -0.1) is 0 Å². The van der Waals surface area contributed by atoms with E-state index in [2.05, 4.69) is 10.3 Å². The van der Waals surface area contributed by atoms with Gasteiger partial charge in [0.2, 0.25) is 0 Å². The van der Waals surface area contributed by atoms with Gasteiger partial charge in [0.15, 0.2) is 0 Å². The molecule has 5 heteroatoms. The van der Waals surface area contributed by atoms with Crippen molar-refractivity contribution in [3.63, 3.8) is 0 Å². The second kappa shape index (κ2) is 5.40. The lowest BCUT2D eigenvalue weighted by atomic mass is 10.1. The van der Waals surface area contributed by atoms with E-state index in [1.165, 1.54) is 12.2 Å². The first-order valence-corrected chi connectivity index (χ1v) is 6.87. The number of hydrogen-bond acceptors (Lipinski definition) is 4. The maximum Gasteiger partial charge on any atom is 0.337 e. The third kappa shape index (κ3) is 3.12. The molecule has 0 spiro atoms. The zero-order valence-electron chi connectivity index (χ0n) is 9.77. The number of anilines is 1. The van der Waals surface area contributed by atoms with Crippen molar-refractivity contribution < 1.29 is 9.90 Å². The molecule has 1 aromatic rings. The number of hydrogen-bond donors (Lipinski definition) is 2. The highest BCUT2D eigenvalue weighted by Gasteiger charge is 2.15. The molecule has 2 rings (SSSR count). The van der Waals surface area contributed by atoms with Crippen molar-refractivity contribution in [3.05, 3.63) is 23.4 Å². The lowest BCUT2D eigenvalue weighted by Gasteiger charge is -2.23. The van der Waals surface area contributed by atoms with Crippen LogP contribution in [0.1, 0.15) is 28.9 Å². The molecule has 92 valence electrons. The van der Waals surface area contributed by atoms with Gasteiger partial charge in [-0.25, -0.2) is 9.78 Å². The van der Waals surface area contributed by atoms with E-state index in [-0.39, 0.29) is 5.56 Å². The Morgan fingerprint density at radius 2 is 2.41 bits per heavy atom. The van der Waals surface area contributed by atoms with Crippen LogP contribution in [0.4, 0.5) is 5.82 Å². The van der Waals surface area contributed by atoms with Gasteiger partial charge in [0.05, 0.1) is 11.3 Å². The van der Waals surface area contributed by atoms with Crippen LogP contribution < -0.4 is 5.32 Å². The first-order chi connectivity index (χ1) is 8.16. The third-order valence-electron chi connectivity index (χ3n) is 2.83. The molecule has 0 amide bonds. The largest absolute Gasteiger partial charge is 0.478 e. The summed E-state index contributed by atoms with van der Waals surface area (Å²) in [4.78, 5) is 15.1. The molecule has 17 heavy (non-hydrogen) atoms. The van der Waals surface area contributed by atoms with Crippen molar-refractivity contribution in [1.82, 2.24) is 4.98 Å². The van der Waals surface area contributed by atoms with Crippen molar-refractivity contribution in [1.29, 1.82) is 0 Å². The summed E-state index contributed by atoms with van der Waals surface area (Å²) in [6, 6.07) is 3.81. The van der Waals surface area contributed by atoms with Crippen molar-refractivity contribution in [2.75, 3.05) is 16.8 Å². The Morgan fingerprint density at radius 1 is 1.59 bits per heavy atom. The average Bonchev–Trinajstić information content (AvgIpc) is 2.30. The van der Waals surface area contributed by atoms with Crippen molar-refractivity contribution in [3.8, 4) is 0 Å². The average molecular weight is 252 g/mol. The summed E-state index contributed by atoms with van der Waals surface area (Å²) in [5.41, 5.74) is 0.833. The Balaban J connectivity index is 2.06. The normalized spacial score (nSPS) is 19.9. The van der Waals surface area contributed by atoms with Gasteiger partial charge < -0.3 is 10.4 Å². The molecular formula is C12H16N2O2S. The fourth-order valence-electron chi connectivity index (χ4n) is 1.93. The quantitative estimate of drug-likeness (QED) is 0.865. The highest BCUT2D eigenvalue weighted by molar-refractivity contribution is 7.99. The number of carboxylic acids is 1. The van der Waals surface area contributed by atoms with Gasteiger partial charge in [0.1, 0.15) is 5.82 Å². The molecule has 1 aromatic heterocycles. The van der Waals surface area contributed by atoms with Crippen molar-refractivity contribution in [2.45, 2.75) is 25.8 Å². The molecule has 1 unspecified atom stereocenters. The Kier molecular flexibility index (Phi) is 3.89. The molecule has 0 radical (unpaired) electrons. The molecule has 0 aromatic carbocycles. The number of rotatable bonds is 3. The molecule has 1 aliphatic heterocycles. The van der Waals surface area contributed by atoms with Crippen LogP contribution in [0.2, 0.25) is 0 Å². The first kappa shape index (κ1) is 12.2. The van der Waals surface area contributed by atoms with E-state index in [9.17, 15) is 4.79 Å². The van der Waals surface area contributed by atoms with Crippen molar-refractivity contribution in [2.24, 2.45) is 0 Å². The van der Waals surface area contributed by atoms with E-state index in [0.717, 1.165) is 18.0 Å². The molecule has 1 saturated heterocycles. The SMILES string of the molecule is Cc1nc(NC2CCCSC2)ccc1C(=O)O. The predicted octanol–water partition coefficient (Wildman–Crippen LogP) is 2.40. The number of pyridine rings is 1. The highest BCUT2D eigenvalue weighted by Crippen LogP contribution is 2.20. The third-order valence-corrected chi connectivity index (χ3v) is 4.04. The Labute approximate surface area is 105 Å². The second-order valence-electron chi connectivity index (χ2n) is 4.19. The van der Waals surface area contributed by atoms with Crippen molar-refractivity contribution >= 4 is 23.5 Å². The maximum atomic E-state index is 10.9. The molecule has 0 aliphatic carbocycles. The Morgan fingerprint density at radius 3 is 3.00 bits per heavy atom. The topological polar surface area (TPSA) is 62.2 Å². The van der Waals surface area contributed by atoms with Gasteiger partial charge in [-0.05, 0) is 37.7 Å². The summed E-state index contributed by atoms with van der Waals surface area (Å²) in [7, 11) is 0. The summed E-state index contributed by atoms with van der Waals surface area (Å²) in [6.07, 6.45) is 2.39. The van der Waals surface area contributed by atoms with Crippen LogP contribution in [-0.2, 0) is 0 Å². The molecule has 0 saturated carbocycles. The predicted molar refractivity (Wildman–Crippen MR) is 69.9 cm³/mol. The van der Waals surface area contributed by atoms with Crippen LogP contribution in [0.5, 0.6) is 0 Å². The van der Waals surface area contributed by atoms with Gasteiger partial charge in [-0.3, -0.25) is 0 Å². The van der Waals surface area contributed by atoms with Crippen LogP contribution in [-0.4, -0.2) is 33.6 Å². The monoisotopic (exact) mass is 252 g/mol. The number of carboxylic acid groups (broad SMARTS) is 1.